The fourth-order valence-electron chi connectivity index (χ4n) is 4.75. The Labute approximate surface area is 249 Å². The zero-order valence-corrected chi connectivity index (χ0v) is 26.2. The summed E-state index contributed by atoms with van der Waals surface area (Å²) in [7, 11) is -3.57. The third kappa shape index (κ3) is 7.94. The number of carbonyl (C=O) groups excluding carboxylic acids is 1. The Balaban J connectivity index is 0.00000441. The number of amides is 1. The van der Waals surface area contributed by atoms with E-state index in [1.165, 1.54) is 10.3 Å². The first-order chi connectivity index (χ1) is 18.8. The Hall–Kier alpha value is -2.24. The van der Waals surface area contributed by atoms with E-state index in [4.69, 9.17) is 4.98 Å². The Kier molecular flexibility index (Phi) is 12.2. The number of thiazole rings is 1. The molecule has 0 radical (unpaired) electrons. The third-order valence-electron chi connectivity index (χ3n) is 7.24. The number of hydrogen-bond acceptors (Lipinski definition) is 7. The molecule has 0 saturated carbocycles. The topological polar surface area (TPSA) is 85.8 Å². The molecule has 0 unspecified atom stereocenters. The molecule has 1 aromatic heterocycles. The van der Waals surface area contributed by atoms with Crippen molar-refractivity contribution in [1.82, 2.24) is 19.5 Å². The number of rotatable bonds is 13. The van der Waals surface area contributed by atoms with Crippen molar-refractivity contribution in [3.63, 3.8) is 0 Å². The van der Waals surface area contributed by atoms with Gasteiger partial charge in [-0.15, -0.1) is 12.4 Å². The Morgan fingerprint density at radius 3 is 2.25 bits per heavy atom. The number of nitrogens with one attached hydrogen (secondary N) is 1. The highest BCUT2D eigenvalue weighted by atomic mass is 35.5. The monoisotopic (exact) mass is 607 g/mol. The number of para-hydroxylation sites is 1. The summed E-state index contributed by atoms with van der Waals surface area (Å²) >= 11 is 1.75. The van der Waals surface area contributed by atoms with Crippen molar-refractivity contribution in [2.75, 3.05) is 57.3 Å². The molecule has 0 spiro atoms. The zero-order valence-electron chi connectivity index (χ0n) is 23.8. The molecule has 1 amide bonds. The van der Waals surface area contributed by atoms with Crippen molar-refractivity contribution in [1.29, 1.82) is 0 Å². The van der Waals surface area contributed by atoms with Crippen LogP contribution in [-0.4, -0.2) is 80.9 Å². The summed E-state index contributed by atoms with van der Waals surface area (Å²) in [5, 5.41) is 4.07. The number of halogens is 1. The summed E-state index contributed by atoms with van der Waals surface area (Å²) < 4.78 is 29.1. The minimum absolute atomic E-state index is 0. The third-order valence-corrected chi connectivity index (χ3v) is 10.2. The molecular formula is C29H42ClN5O3S2. The number of anilines is 1. The van der Waals surface area contributed by atoms with E-state index in [1.54, 1.807) is 39.9 Å². The van der Waals surface area contributed by atoms with Crippen LogP contribution in [-0.2, 0) is 10.0 Å². The van der Waals surface area contributed by atoms with Gasteiger partial charge in [0.25, 0.3) is 5.91 Å². The quantitative estimate of drug-likeness (QED) is 0.289. The molecule has 2 heterocycles. The first-order valence-electron chi connectivity index (χ1n) is 14.0. The van der Waals surface area contributed by atoms with Gasteiger partial charge in [-0.05, 0) is 55.7 Å². The van der Waals surface area contributed by atoms with Crippen LogP contribution >= 0.6 is 23.7 Å². The fourth-order valence-corrected chi connectivity index (χ4v) is 7.36. The maximum absolute atomic E-state index is 13.2. The van der Waals surface area contributed by atoms with Crippen LogP contribution in [0.5, 0.6) is 0 Å². The maximum atomic E-state index is 13.2. The minimum atomic E-state index is -3.57. The van der Waals surface area contributed by atoms with Gasteiger partial charge in [0.1, 0.15) is 0 Å². The van der Waals surface area contributed by atoms with Crippen LogP contribution in [0.1, 0.15) is 55.5 Å². The summed E-state index contributed by atoms with van der Waals surface area (Å²) in [5.74, 6) is -0.184. The van der Waals surface area contributed by atoms with E-state index in [1.807, 2.05) is 0 Å². The highest BCUT2D eigenvalue weighted by molar-refractivity contribution is 7.89. The van der Waals surface area contributed by atoms with E-state index < -0.39 is 10.0 Å². The van der Waals surface area contributed by atoms with Gasteiger partial charge < -0.3 is 10.2 Å². The predicted molar refractivity (Wildman–Crippen MR) is 168 cm³/mol. The van der Waals surface area contributed by atoms with Crippen molar-refractivity contribution >= 4 is 55.0 Å². The van der Waals surface area contributed by atoms with Gasteiger partial charge in [0.2, 0.25) is 10.0 Å². The number of fused-ring (bicyclic) bond motifs is 1. The molecule has 220 valence electrons. The molecule has 1 N–H and O–H groups in total. The van der Waals surface area contributed by atoms with Crippen LogP contribution in [0.15, 0.2) is 47.4 Å². The van der Waals surface area contributed by atoms with Crippen LogP contribution in [0.25, 0.3) is 10.2 Å². The van der Waals surface area contributed by atoms with Crippen LogP contribution in [0, 0.1) is 6.92 Å². The summed E-state index contributed by atoms with van der Waals surface area (Å²) in [5.41, 5.74) is 2.78. The number of sulfonamides is 1. The molecule has 0 atom stereocenters. The van der Waals surface area contributed by atoms with E-state index in [0.717, 1.165) is 69.1 Å². The first-order valence-corrected chi connectivity index (χ1v) is 16.3. The number of nitrogens with zero attached hydrogens (tertiary/aromatic N) is 4. The standard InChI is InChI=1S/C29H41N5O3S2.ClH/c1-4-6-16-34(17-7-5-2)39(36,37)25-13-11-24(12-14-25)28(35)30-15-18-32-19-21-33(22-20-32)29-31-27-23(3)9-8-10-26(27)38-29;/h8-14H,4-7,15-22H2,1-3H3,(H,30,35);1H. The number of piperazine rings is 1. The average Bonchev–Trinajstić information content (AvgIpc) is 3.39. The largest absolute Gasteiger partial charge is 0.351 e. The van der Waals surface area contributed by atoms with Gasteiger partial charge in [-0.3, -0.25) is 9.69 Å². The number of benzene rings is 2. The van der Waals surface area contributed by atoms with Gasteiger partial charge in [0.05, 0.1) is 15.1 Å². The predicted octanol–water partition coefficient (Wildman–Crippen LogP) is 5.17. The minimum Gasteiger partial charge on any atom is -0.351 e. The molecule has 8 nitrogen and oxygen atoms in total. The fraction of sp³-hybridized carbons (Fsp3) is 0.517. The zero-order chi connectivity index (χ0) is 27.8. The van der Waals surface area contributed by atoms with Crippen LogP contribution in [0.4, 0.5) is 5.13 Å². The second kappa shape index (κ2) is 15.1. The normalized spacial score (nSPS) is 14.4. The number of hydrogen-bond donors (Lipinski definition) is 1. The highest BCUT2D eigenvalue weighted by Crippen LogP contribution is 2.31. The number of aryl methyl sites for hydroxylation is 1. The molecule has 3 aromatic rings. The number of carbonyl (C=O) groups is 1. The molecule has 0 aliphatic carbocycles. The smallest absolute Gasteiger partial charge is 0.251 e. The van der Waals surface area contributed by atoms with Crippen LogP contribution in [0.2, 0.25) is 0 Å². The van der Waals surface area contributed by atoms with E-state index in [2.05, 4.69) is 54.1 Å². The van der Waals surface area contributed by atoms with Crippen molar-refractivity contribution in [3.8, 4) is 0 Å². The molecule has 0 bridgehead atoms. The maximum Gasteiger partial charge on any atom is 0.251 e. The SMILES string of the molecule is CCCCN(CCCC)S(=O)(=O)c1ccc(C(=O)NCCN2CCN(c3nc4c(C)cccc4s3)CC2)cc1.Cl. The van der Waals surface area contributed by atoms with Crippen molar-refractivity contribution < 1.29 is 13.2 Å². The molecule has 2 aromatic carbocycles. The summed E-state index contributed by atoms with van der Waals surface area (Å²) in [4.78, 5) is 22.5. The highest BCUT2D eigenvalue weighted by Gasteiger charge is 2.24. The number of aromatic nitrogens is 1. The molecule has 1 fully saturated rings. The van der Waals surface area contributed by atoms with E-state index in [-0.39, 0.29) is 23.2 Å². The lowest BCUT2D eigenvalue weighted by Crippen LogP contribution is -2.48. The van der Waals surface area contributed by atoms with Gasteiger partial charge in [0.15, 0.2) is 5.13 Å². The van der Waals surface area contributed by atoms with Crippen LogP contribution in [0.3, 0.4) is 0 Å². The molecule has 11 heteroatoms. The lowest BCUT2D eigenvalue weighted by atomic mass is 10.2. The summed E-state index contributed by atoms with van der Waals surface area (Å²) in [6.07, 6.45) is 3.55. The van der Waals surface area contributed by atoms with Gasteiger partial charge >= 0.3 is 0 Å². The molecular weight excluding hydrogens is 566 g/mol. The van der Waals surface area contributed by atoms with Crippen LogP contribution < -0.4 is 10.2 Å². The van der Waals surface area contributed by atoms with E-state index in [0.29, 0.717) is 25.2 Å². The van der Waals surface area contributed by atoms with Gasteiger partial charge in [-0.1, -0.05) is 50.2 Å². The first kappa shape index (κ1) is 32.3. The molecule has 1 saturated heterocycles. The Bertz CT molecular complexity index is 1330. The molecule has 1 aliphatic rings. The van der Waals surface area contributed by atoms with Crippen molar-refractivity contribution in [3.05, 3.63) is 53.6 Å². The second-order valence-electron chi connectivity index (χ2n) is 10.1. The van der Waals surface area contributed by atoms with Gasteiger partial charge in [-0.2, -0.15) is 4.31 Å². The van der Waals surface area contributed by atoms with E-state index >= 15 is 0 Å². The molecule has 1 aliphatic heterocycles. The second-order valence-corrected chi connectivity index (χ2v) is 13.1. The average molecular weight is 608 g/mol. The van der Waals surface area contributed by atoms with Gasteiger partial charge in [0, 0.05) is 57.9 Å². The number of unbranched alkanes of at least 4 members (excludes halogenated alkanes) is 2. The lowest BCUT2D eigenvalue weighted by Gasteiger charge is -2.34. The Morgan fingerprint density at radius 1 is 1.00 bits per heavy atom. The Morgan fingerprint density at radius 2 is 1.65 bits per heavy atom. The summed E-state index contributed by atoms with van der Waals surface area (Å²) in [6, 6.07) is 12.6. The van der Waals surface area contributed by atoms with Crippen molar-refractivity contribution in [2.45, 2.75) is 51.3 Å². The lowest BCUT2D eigenvalue weighted by molar-refractivity contribution is 0.0947. The van der Waals surface area contributed by atoms with E-state index in [9.17, 15) is 13.2 Å². The molecule has 40 heavy (non-hydrogen) atoms. The summed E-state index contributed by atoms with van der Waals surface area (Å²) in [6.45, 7) is 12.2. The van der Waals surface area contributed by atoms with Crippen molar-refractivity contribution in [2.24, 2.45) is 0 Å². The molecule has 4 rings (SSSR count). The van der Waals surface area contributed by atoms with Gasteiger partial charge in [-0.25, -0.2) is 13.4 Å².